The van der Waals surface area contributed by atoms with Gasteiger partial charge in [0, 0.05) is 29.9 Å². The van der Waals surface area contributed by atoms with Crippen molar-refractivity contribution in [2.24, 2.45) is 0 Å². The summed E-state index contributed by atoms with van der Waals surface area (Å²) < 4.78 is 7.49. The molecule has 0 saturated carbocycles. The van der Waals surface area contributed by atoms with Crippen LogP contribution in [-0.4, -0.2) is 32.4 Å². The van der Waals surface area contributed by atoms with Gasteiger partial charge in [-0.3, -0.25) is 4.79 Å². The minimum absolute atomic E-state index is 0.118. The standard InChI is InChI=1S/C32H25N3O4/c36-31(29-21-35-18-17-25(20-30(35)33-29)12-11-23-7-3-1-4-8-23)34-28(32(37)38)19-24-13-15-27(16-14-24)39-22-26-9-5-2-6-10-26/h1-10,13-18,20-21,28H,19,22H2,(H,34,36)(H,37,38)/t28-/m0/s1. The number of hydrogen-bond donors (Lipinski definition) is 2. The summed E-state index contributed by atoms with van der Waals surface area (Å²) in [5.74, 6) is 5.17. The van der Waals surface area contributed by atoms with E-state index in [0.717, 1.165) is 22.3 Å². The maximum atomic E-state index is 12.9. The number of pyridine rings is 1. The second-order valence-corrected chi connectivity index (χ2v) is 8.91. The lowest BCUT2D eigenvalue weighted by Gasteiger charge is -2.14. The van der Waals surface area contributed by atoms with Crippen molar-refractivity contribution in [3.63, 3.8) is 0 Å². The number of benzene rings is 3. The van der Waals surface area contributed by atoms with Crippen LogP contribution in [0.25, 0.3) is 5.65 Å². The van der Waals surface area contributed by atoms with Crippen LogP contribution < -0.4 is 10.1 Å². The number of amides is 1. The van der Waals surface area contributed by atoms with Crippen molar-refractivity contribution in [2.75, 3.05) is 0 Å². The molecule has 0 radical (unpaired) electrons. The maximum absolute atomic E-state index is 12.9. The Morgan fingerprint density at radius 2 is 1.56 bits per heavy atom. The first-order valence-corrected chi connectivity index (χ1v) is 12.4. The number of rotatable bonds is 8. The lowest BCUT2D eigenvalue weighted by molar-refractivity contribution is -0.139. The van der Waals surface area contributed by atoms with Gasteiger partial charge < -0.3 is 19.6 Å². The number of aliphatic carboxylic acids is 1. The first-order chi connectivity index (χ1) is 19.0. The van der Waals surface area contributed by atoms with Gasteiger partial charge in [0.25, 0.3) is 5.91 Å². The molecule has 5 rings (SSSR count). The molecule has 2 aromatic heterocycles. The first-order valence-electron chi connectivity index (χ1n) is 12.4. The summed E-state index contributed by atoms with van der Waals surface area (Å²) in [6.07, 6.45) is 3.45. The summed E-state index contributed by atoms with van der Waals surface area (Å²) in [4.78, 5) is 29.2. The number of imidazole rings is 1. The number of fused-ring (bicyclic) bond motifs is 1. The Kier molecular flexibility index (Phi) is 7.66. The van der Waals surface area contributed by atoms with E-state index in [1.54, 1.807) is 47.1 Å². The van der Waals surface area contributed by atoms with E-state index in [1.807, 2.05) is 66.7 Å². The van der Waals surface area contributed by atoms with Crippen LogP contribution in [0.3, 0.4) is 0 Å². The van der Waals surface area contributed by atoms with E-state index in [9.17, 15) is 14.7 Å². The summed E-state index contributed by atoms with van der Waals surface area (Å²) in [6, 6.07) is 29.1. The molecule has 1 atom stereocenters. The lowest BCUT2D eigenvalue weighted by Crippen LogP contribution is -2.42. The highest BCUT2D eigenvalue weighted by atomic mass is 16.5. The molecule has 3 aromatic carbocycles. The molecule has 7 nitrogen and oxygen atoms in total. The highest BCUT2D eigenvalue weighted by molar-refractivity contribution is 5.95. The fourth-order valence-corrected chi connectivity index (χ4v) is 3.97. The van der Waals surface area contributed by atoms with Crippen molar-refractivity contribution in [1.29, 1.82) is 0 Å². The Bertz CT molecular complexity index is 1650. The van der Waals surface area contributed by atoms with E-state index in [4.69, 9.17) is 4.74 Å². The van der Waals surface area contributed by atoms with E-state index in [1.165, 1.54) is 0 Å². The van der Waals surface area contributed by atoms with Crippen LogP contribution in [0.2, 0.25) is 0 Å². The molecule has 7 heteroatoms. The molecule has 2 N–H and O–H groups in total. The van der Waals surface area contributed by atoms with E-state index >= 15 is 0 Å². The molecule has 5 aromatic rings. The summed E-state index contributed by atoms with van der Waals surface area (Å²) in [5.41, 5.74) is 4.13. The Morgan fingerprint density at radius 1 is 0.872 bits per heavy atom. The molecule has 0 fully saturated rings. The number of hydrogen-bond acceptors (Lipinski definition) is 4. The van der Waals surface area contributed by atoms with Gasteiger partial charge in [0.15, 0.2) is 0 Å². The van der Waals surface area contributed by atoms with Gasteiger partial charge in [-0.15, -0.1) is 0 Å². The van der Waals surface area contributed by atoms with Crippen LogP contribution in [0.5, 0.6) is 5.75 Å². The van der Waals surface area contributed by atoms with Crippen LogP contribution in [-0.2, 0) is 17.8 Å². The number of aromatic nitrogens is 2. The van der Waals surface area contributed by atoms with E-state index < -0.39 is 17.9 Å². The van der Waals surface area contributed by atoms with Crippen LogP contribution in [0.1, 0.15) is 32.7 Å². The van der Waals surface area contributed by atoms with Gasteiger partial charge in [0.2, 0.25) is 0 Å². The van der Waals surface area contributed by atoms with Crippen molar-refractivity contribution in [1.82, 2.24) is 14.7 Å². The maximum Gasteiger partial charge on any atom is 0.326 e. The molecule has 0 aliphatic heterocycles. The Labute approximate surface area is 225 Å². The Balaban J connectivity index is 1.22. The Morgan fingerprint density at radius 3 is 2.28 bits per heavy atom. The van der Waals surface area contributed by atoms with Gasteiger partial charge in [-0.1, -0.05) is 72.5 Å². The fraction of sp³-hybridized carbons (Fsp3) is 0.0938. The molecule has 0 spiro atoms. The van der Waals surface area contributed by atoms with Gasteiger partial charge in [-0.25, -0.2) is 9.78 Å². The molecule has 0 bridgehead atoms. The van der Waals surface area contributed by atoms with E-state index in [0.29, 0.717) is 18.0 Å². The monoisotopic (exact) mass is 515 g/mol. The number of carbonyl (C=O) groups excluding carboxylic acids is 1. The smallest absolute Gasteiger partial charge is 0.326 e. The Hall–Kier alpha value is -5.35. The molecule has 0 aliphatic carbocycles. The molecule has 192 valence electrons. The van der Waals surface area contributed by atoms with Crippen LogP contribution in [0.15, 0.2) is 109 Å². The number of carbonyl (C=O) groups is 2. The average Bonchev–Trinajstić information content (AvgIpc) is 3.40. The molecule has 1 amide bonds. The van der Waals surface area contributed by atoms with Gasteiger partial charge in [0.05, 0.1) is 0 Å². The number of nitrogens with one attached hydrogen (secondary N) is 1. The molecule has 0 saturated heterocycles. The van der Waals surface area contributed by atoms with Crippen molar-refractivity contribution in [2.45, 2.75) is 19.1 Å². The normalized spacial score (nSPS) is 11.3. The zero-order valence-corrected chi connectivity index (χ0v) is 21.0. The summed E-state index contributed by atoms with van der Waals surface area (Å²) in [6.45, 7) is 0.439. The summed E-state index contributed by atoms with van der Waals surface area (Å²) >= 11 is 0. The zero-order valence-electron chi connectivity index (χ0n) is 21.0. The number of nitrogens with zero attached hydrogens (tertiary/aromatic N) is 2. The third kappa shape index (κ3) is 6.70. The minimum atomic E-state index is -1.13. The van der Waals surface area contributed by atoms with Gasteiger partial charge in [-0.2, -0.15) is 0 Å². The van der Waals surface area contributed by atoms with Crippen molar-refractivity contribution < 1.29 is 19.4 Å². The number of carboxylic acids is 1. The second kappa shape index (κ2) is 11.8. The highest BCUT2D eigenvalue weighted by Crippen LogP contribution is 2.16. The summed E-state index contributed by atoms with van der Waals surface area (Å²) in [7, 11) is 0. The van der Waals surface area contributed by atoms with Crippen LogP contribution in [0.4, 0.5) is 0 Å². The average molecular weight is 516 g/mol. The van der Waals surface area contributed by atoms with E-state index in [2.05, 4.69) is 22.1 Å². The van der Waals surface area contributed by atoms with E-state index in [-0.39, 0.29) is 12.1 Å². The summed E-state index contributed by atoms with van der Waals surface area (Å²) in [5, 5.41) is 12.3. The number of carboxylic acid groups (broad SMARTS) is 1. The van der Waals surface area contributed by atoms with Crippen molar-refractivity contribution in [3.05, 3.63) is 137 Å². The number of ether oxygens (including phenoxy) is 1. The van der Waals surface area contributed by atoms with Gasteiger partial charge >= 0.3 is 5.97 Å². The van der Waals surface area contributed by atoms with Crippen molar-refractivity contribution in [3.8, 4) is 17.6 Å². The van der Waals surface area contributed by atoms with Gasteiger partial charge in [-0.05, 0) is 47.5 Å². The minimum Gasteiger partial charge on any atom is -0.489 e. The topological polar surface area (TPSA) is 92.9 Å². The quantitative estimate of drug-likeness (QED) is 0.291. The van der Waals surface area contributed by atoms with Gasteiger partial charge in [0.1, 0.15) is 29.7 Å². The largest absolute Gasteiger partial charge is 0.489 e. The molecular formula is C32H25N3O4. The molecular weight excluding hydrogens is 490 g/mol. The molecule has 0 aliphatic rings. The molecule has 39 heavy (non-hydrogen) atoms. The zero-order chi connectivity index (χ0) is 27.0. The van der Waals surface area contributed by atoms with Crippen LogP contribution in [0, 0.1) is 11.8 Å². The molecule has 2 heterocycles. The van der Waals surface area contributed by atoms with Crippen molar-refractivity contribution >= 4 is 17.5 Å². The lowest BCUT2D eigenvalue weighted by atomic mass is 10.1. The molecule has 0 unspecified atom stereocenters. The predicted octanol–water partition coefficient (Wildman–Crippen LogP) is 4.74. The predicted molar refractivity (Wildman–Crippen MR) is 147 cm³/mol. The first kappa shape index (κ1) is 25.3. The SMILES string of the molecule is O=C(N[C@@H](Cc1ccc(OCc2ccccc2)cc1)C(=O)O)c1cn2ccc(C#Cc3ccccc3)cc2n1. The fourth-order valence-electron chi connectivity index (χ4n) is 3.97. The second-order valence-electron chi connectivity index (χ2n) is 8.91. The third-order valence-corrected chi connectivity index (χ3v) is 6.03. The van der Waals surface area contributed by atoms with Crippen LogP contribution >= 0.6 is 0 Å². The third-order valence-electron chi connectivity index (χ3n) is 6.03. The highest BCUT2D eigenvalue weighted by Gasteiger charge is 2.22.